The Morgan fingerprint density at radius 3 is 2.40 bits per heavy atom. The molecule has 0 bridgehead atoms. The van der Waals surface area contributed by atoms with Crippen molar-refractivity contribution in [1.29, 1.82) is 0 Å². The summed E-state index contributed by atoms with van der Waals surface area (Å²) in [6.45, 7) is 1.48. The van der Waals surface area contributed by atoms with Crippen LogP contribution >= 0.6 is 27.5 Å². The van der Waals surface area contributed by atoms with Crippen molar-refractivity contribution in [3.63, 3.8) is 0 Å². The SMILES string of the molecule is Cc1ccc(F)c(C(N)c2ccc(Br)c(Cl)c2F)c1F. The van der Waals surface area contributed by atoms with Crippen molar-refractivity contribution in [2.45, 2.75) is 13.0 Å². The second-order valence-corrected chi connectivity index (χ2v) is 5.57. The fourth-order valence-corrected chi connectivity index (χ4v) is 2.38. The summed E-state index contributed by atoms with van der Waals surface area (Å²) >= 11 is 8.83. The van der Waals surface area contributed by atoms with E-state index < -0.39 is 23.5 Å². The summed E-state index contributed by atoms with van der Waals surface area (Å²) < 4.78 is 42.2. The zero-order valence-electron chi connectivity index (χ0n) is 10.4. The van der Waals surface area contributed by atoms with Gasteiger partial charge in [-0.2, -0.15) is 0 Å². The first kappa shape index (κ1) is 15.4. The van der Waals surface area contributed by atoms with Crippen LogP contribution in [0.2, 0.25) is 5.02 Å². The summed E-state index contributed by atoms with van der Waals surface area (Å²) in [6.07, 6.45) is 0. The molecule has 0 amide bonds. The fraction of sp³-hybridized carbons (Fsp3) is 0.143. The number of hydrogen-bond acceptors (Lipinski definition) is 1. The monoisotopic (exact) mass is 363 g/mol. The third-order valence-corrected chi connectivity index (χ3v) is 4.29. The van der Waals surface area contributed by atoms with Crippen LogP contribution in [0.1, 0.15) is 22.7 Å². The van der Waals surface area contributed by atoms with Gasteiger partial charge in [-0.3, -0.25) is 0 Å². The van der Waals surface area contributed by atoms with Gasteiger partial charge in [0, 0.05) is 15.6 Å². The Morgan fingerprint density at radius 2 is 1.75 bits per heavy atom. The smallest absolute Gasteiger partial charge is 0.148 e. The van der Waals surface area contributed by atoms with Crippen LogP contribution in [-0.2, 0) is 0 Å². The average molecular weight is 365 g/mol. The summed E-state index contributed by atoms with van der Waals surface area (Å²) in [4.78, 5) is 0. The molecule has 0 aliphatic heterocycles. The van der Waals surface area contributed by atoms with Gasteiger partial charge in [-0.25, -0.2) is 13.2 Å². The van der Waals surface area contributed by atoms with Crippen LogP contribution in [-0.4, -0.2) is 0 Å². The Balaban J connectivity index is 2.61. The van der Waals surface area contributed by atoms with Gasteiger partial charge < -0.3 is 5.73 Å². The predicted molar refractivity (Wildman–Crippen MR) is 76.2 cm³/mol. The van der Waals surface area contributed by atoms with E-state index in [1.165, 1.54) is 25.1 Å². The summed E-state index contributed by atoms with van der Waals surface area (Å²) in [7, 11) is 0. The van der Waals surface area contributed by atoms with Crippen molar-refractivity contribution in [1.82, 2.24) is 0 Å². The van der Waals surface area contributed by atoms with E-state index in [1.54, 1.807) is 0 Å². The van der Waals surface area contributed by atoms with Crippen LogP contribution in [0.3, 0.4) is 0 Å². The quantitative estimate of drug-likeness (QED) is 0.756. The van der Waals surface area contributed by atoms with Crippen LogP contribution in [0, 0.1) is 24.4 Å². The molecule has 0 saturated heterocycles. The van der Waals surface area contributed by atoms with Gasteiger partial charge in [0.25, 0.3) is 0 Å². The molecule has 6 heteroatoms. The van der Waals surface area contributed by atoms with Gasteiger partial charge >= 0.3 is 0 Å². The lowest BCUT2D eigenvalue weighted by Crippen LogP contribution is -2.18. The van der Waals surface area contributed by atoms with Crippen molar-refractivity contribution in [3.8, 4) is 0 Å². The number of halogens is 5. The van der Waals surface area contributed by atoms with Crippen LogP contribution in [0.25, 0.3) is 0 Å². The lowest BCUT2D eigenvalue weighted by Gasteiger charge is -2.17. The van der Waals surface area contributed by atoms with E-state index in [-0.39, 0.29) is 21.7 Å². The standard InChI is InChI=1S/C14H10BrClF3N/c1-6-2-5-9(17)10(12(6)18)14(20)7-3-4-8(15)11(16)13(7)19/h2-5,14H,20H2,1H3. The van der Waals surface area contributed by atoms with E-state index in [1.807, 2.05) is 0 Å². The number of rotatable bonds is 2. The van der Waals surface area contributed by atoms with Gasteiger partial charge in [0.2, 0.25) is 0 Å². The number of hydrogen-bond donors (Lipinski definition) is 1. The maximum absolute atomic E-state index is 14.1. The Labute approximate surface area is 127 Å². The molecule has 0 fully saturated rings. The molecular weight excluding hydrogens is 355 g/mol. The molecule has 0 saturated carbocycles. The third-order valence-electron chi connectivity index (χ3n) is 3.03. The van der Waals surface area contributed by atoms with Crippen molar-refractivity contribution >= 4 is 27.5 Å². The van der Waals surface area contributed by atoms with Crippen LogP contribution in [0.15, 0.2) is 28.7 Å². The minimum Gasteiger partial charge on any atom is -0.320 e. The molecule has 0 radical (unpaired) electrons. The van der Waals surface area contributed by atoms with Crippen LogP contribution in [0.4, 0.5) is 13.2 Å². The number of benzene rings is 2. The third kappa shape index (κ3) is 2.57. The molecular formula is C14H10BrClF3N. The minimum atomic E-state index is -1.28. The van der Waals surface area contributed by atoms with E-state index >= 15 is 0 Å². The molecule has 2 aromatic carbocycles. The lowest BCUT2D eigenvalue weighted by atomic mass is 9.96. The molecule has 106 valence electrons. The van der Waals surface area contributed by atoms with Crippen molar-refractivity contribution < 1.29 is 13.2 Å². The largest absolute Gasteiger partial charge is 0.320 e. The van der Waals surface area contributed by atoms with Gasteiger partial charge in [0.1, 0.15) is 17.5 Å². The first-order chi connectivity index (χ1) is 9.34. The number of nitrogens with two attached hydrogens (primary N) is 1. The second kappa shape index (κ2) is 5.76. The highest BCUT2D eigenvalue weighted by Crippen LogP contribution is 2.33. The van der Waals surface area contributed by atoms with Crippen molar-refractivity contribution in [3.05, 3.63) is 67.9 Å². The summed E-state index contributed by atoms with van der Waals surface area (Å²) in [5.41, 5.74) is 5.61. The maximum atomic E-state index is 14.1. The highest BCUT2D eigenvalue weighted by Gasteiger charge is 2.24. The zero-order chi connectivity index (χ0) is 15.0. The van der Waals surface area contributed by atoms with Gasteiger partial charge in [-0.05, 0) is 40.5 Å². The molecule has 1 atom stereocenters. The van der Waals surface area contributed by atoms with Crippen LogP contribution in [0.5, 0.6) is 0 Å². The molecule has 0 heterocycles. The van der Waals surface area contributed by atoms with Gasteiger partial charge in [0.15, 0.2) is 0 Å². The molecule has 2 rings (SSSR count). The first-order valence-corrected chi connectivity index (χ1v) is 6.85. The lowest BCUT2D eigenvalue weighted by molar-refractivity contribution is 0.528. The zero-order valence-corrected chi connectivity index (χ0v) is 12.7. The first-order valence-electron chi connectivity index (χ1n) is 5.68. The molecule has 1 nitrogen and oxygen atoms in total. The van der Waals surface area contributed by atoms with Crippen molar-refractivity contribution in [2.24, 2.45) is 5.73 Å². The molecule has 0 aliphatic carbocycles. The van der Waals surface area contributed by atoms with Gasteiger partial charge in [-0.15, -0.1) is 0 Å². The Morgan fingerprint density at radius 1 is 1.10 bits per heavy atom. The molecule has 0 spiro atoms. The Bertz CT molecular complexity index is 676. The van der Waals surface area contributed by atoms with Crippen LogP contribution < -0.4 is 5.73 Å². The predicted octanol–water partition coefficient (Wildman–Crippen LogP) is 4.88. The van der Waals surface area contributed by atoms with E-state index in [2.05, 4.69) is 15.9 Å². The fourth-order valence-electron chi connectivity index (χ4n) is 1.90. The molecule has 0 aromatic heterocycles. The highest BCUT2D eigenvalue weighted by molar-refractivity contribution is 9.10. The Kier molecular flexibility index (Phi) is 4.42. The summed E-state index contributed by atoms with van der Waals surface area (Å²) in [5, 5.41) is -0.175. The van der Waals surface area contributed by atoms with E-state index in [4.69, 9.17) is 17.3 Å². The average Bonchev–Trinajstić information content (AvgIpc) is 2.41. The molecule has 2 aromatic rings. The molecule has 0 aliphatic rings. The second-order valence-electron chi connectivity index (χ2n) is 4.33. The molecule has 20 heavy (non-hydrogen) atoms. The number of aryl methyl sites for hydroxylation is 1. The Hall–Kier alpha value is -1.04. The van der Waals surface area contributed by atoms with E-state index in [9.17, 15) is 13.2 Å². The van der Waals surface area contributed by atoms with Gasteiger partial charge in [-0.1, -0.05) is 23.7 Å². The van der Waals surface area contributed by atoms with E-state index in [0.29, 0.717) is 4.47 Å². The summed E-state index contributed by atoms with van der Waals surface area (Å²) in [5.74, 6) is -2.40. The molecule has 1 unspecified atom stereocenters. The van der Waals surface area contributed by atoms with E-state index in [0.717, 1.165) is 6.07 Å². The highest BCUT2D eigenvalue weighted by atomic mass is 79.9. The van der Waals surface area contributed by atoms with Crippen molar-refractivity contribution in [2.75, 3.05) is 0 Å². The molecule has 2 N–H and O–H groups in total. The summed E-state index contributed by atoms with van der Waals surface area (Å²) in [6, 6.07) is 3.95. The topological polar surface area (TPSA) is 26.0 Å². The minimum absolute atomic E-state index is 0.0680. The van der Waals surface area contributed by atoms with Gasteiger partial charge in [0.05, 0.1) is 11.1 Å². The maximum Gasteiger partial charge on any atom is 0.148 e. The normalized spacial score (nSPS) is 12.6.